The molecule has 2 aromatic carbocycles. The average Bonchev–Trinajstić information content (AvgIpc) is 2.47. The average molecular weight is 307 g/mol. The van der Waals surface area contributed by atoms with Gasteiger partial charge in [-0.1, -0.05) is 23.7 Å². The Morgan fingerprint density at radius 2 is 1.76 bits per heavy atom. The van der Waals surface area contributed by atoms with Gasteiger partial charge in [0.1, 0.15) is 5.82 Å². The van der Waals surface area contributed by atoms with Gasteiger partial charge < -0.3 is 4.74 Å². The number of rotatable bonds is 4. The molecule has 0 fully saturated rings. The van der Waals surface area contributed by atoms with E-state index in [4.69, 9.17) is 16.3 Å². The fourth-order valence-electron chi connectivity index (χ4n) is 1.74. The van der Waals surface area contributed by atoms with Crippen LogP contribution in [-0.4, -0.2) is 17.9 Å². The largest absolute Gasteiger partial charge is 0.451 e. The molecule has 5 heteroatoms. The van der Waals surface area contributed by atoms with Gasteiger partial charge in [-0.25, -0.2) is 9.18 Å². The monoisotopic (exact) mass is 306 g/mol. The second-order valence-electron chi connectivity index (χ2n) is 4.43. The molecule has 0 saturated heterocycles. The maximum Gasteiger partial charge on any atom is 0.338 e. The second-order valence-corrected chi connectivity index (χ2v) is 4.87. The zero-order chi connectivity index (χ0) is 15.4. The van der Waals surface area contributed by atoms with Gasteiger partial charge in [0, 0.05) is 10.6 Å². The zero-order valence-electron chi connectivity index (χ0n) is 11.2. The Kier molecular flexibility index (Phi) is 4.70. The van der Waals surface area contributed by atoms with Gasteiger partial charge in [0.2, 0.25) is 5.78 Å². The summed E-state index contributed by atoms with van der Waals surface area (Å²) in [5, 5.41) is 0.429. The van der Waals surface area contributed by atoms with Gasteiger partial charge in [-0.05, 0) is 43.3 Å². The van der Waals surface area contributed by atoms with Gasteiger partial charge >= 0.3 is 5.97 Å². The van der Waals surface area contributed by atoms with Crippen molar-refractivity contribution in [3.8, 4) is 0 Å². The third-order valence-corrected chi connectivity index (χ3v) is 3.08. The molecule has 0 aliphatic rings. The Morgan fingerprint density at radius 3 is 2.38 bits per heavy atom. The van der Waals surface area contributed by atoms with Crippen molar-refractivity contribution < 1.29 is 18.7 Å². The minimum Gasteiger partial charge on any atom is -0.451 e. The van der Waals surface area contributed by atoms with Gasteiger partial charge in [0.05, 0.1) is 5.56 Å². The summed E-state index contributed by atoms with van der Waals surface area (Å²) in [5.74, 6) is -1.49. The summed E-state index contributed by atoms with van der Waals surface area (Å²) in [6.45, 7) is 1.48. The number of hydrogen-bond donors (Lipinski definition) is 0. The first kappa shape index (κ1) is 15.2. The van der Waals surface area contributed by atoms with Crippen molar-refractivity contribution in [2.24, 2.45) is 0 Å². The van der Waals surface area contributed by atoms with Gasteiger partial charge in [-0.3, -0.25) is 4.79 Å². The van der Waals surface area contributed by atoms with Gasteiger partial charge in [0.15, 0.2) is 6.10 Å². The highest BCUT2D eigenvalue weighted by Crippen LogP contribution is 2.14. The highest BCUT2D eigenvalue weighted by molar-refractivity contribution is 6.31. The van der Waals surface area contributed by atoms with E-state index in [0.717, 1.165) is 12.1 Å². The maximum absolute atomic E-state index is 12.8. The molecule has 2 aromatic rings. The molecule has 0 saturated carbocycles. The Labute approximate surface area is 126 Å². The number of carbonyl (C=O) groups is 2. The predicted molar refractivity (Wildman–Crippen MR) is 77.1 cm³/mol. The molecule has 108 valence electrons. The lowest BCUT2D eigenvalue weighted by molar-refractivity contribution is 0.0319. The molecular formula is C16H12ClFO3. The predicted octanol–water partition coefficient (Wildman–Crippen LogP) is 3.91. The molecule has 0 aliphatic carbocycles. The number of ether oxygens (including phenoxy) is 1. The fraction of sp³-hybridized carbons (Fsp3) is 0.125. The number of ketones is 1. The van der Waals surface area contributed by atoms with E-state index in [1.165, 1.54) is 25.1 Å². The SMILES string of the molecule is C[C@H](OC(=O)c1ccc(F)cc1)C(=O)c1cccc(Cl)c1. The zero-order valence-corrected chi connectivity index (χ0v) is 11.9. The molecule has 0 bridgehead atoms. The van der Waals surface area contributed by atoms with Gasteiger partial charge in [-0.15, -0.1) is 0 Å². The molecule has 3 nitrogen and oxygen atoms in total. The van der Waals surface area contributed by atoms with Crippen LogP contribution >= 0.6 is 11.6 Å². The number of benzene rings is 2. The first-order valence-corrected chi connectivity index (χ1v) is 6.61. The summed E-state index contributed by atoms with van der Waals surface area (Å²) in [5.41, 5.74) is 0.545. The van der Waals surface area contributed by atoms with Crippen LogP contribution in [0.2, 0.25) is 5.02 Å². The molecule has 1 atom stereocenters. The minimum atomic E-state index is -0.957. The van der Waals surface area contributed by atoms with Crippen LogP contribution in [0.5, 0.6) is 0 Å². The summed E-state index contributed by atoms with van der Waals surface area (Å²) in [7, 11) is 0. The smallest absolute Gasteiger partial charge is 0.338 e. The molecule has 2 rings (SSSR count). The number of Topliss-reactive ketones (excluding diaryl/α,β-unsaturated/α-hetero) is 1. The Morgan fingerprint density at radius 1 is 1.10 bits per heavy atom. The molecule has 0 radical (unpaired) electrons. The molecule has 21 heavy (non-hydrogen) atoms. The van der Waals surface area contributed by atoms with Crippen molar-refractivity contribution in [3.63, 3.8) is 0 Å². The van der Waals surface area contributed by atoms with Crippen LogP contribution in [0.3, 0.4) is 0 Å². The number of hydrogen-bond acceptors (Lipinski definition) is 3. The third-order valence-electron chi connectivity index (χ3n) is 2.84. The first-order valence-electron chi connectivity index (χ1n) is 6.23. The molecule has 0 heterocycles. The van der Waals surface area contributed by atoms with E-state index in [1.807, 2.05) is 0 Å². The van der Waals surface area contributed by atoms with Crippen molar-refractivity contribution in [2.75, 3.05) is 0 Å². The molecule has 0 unspecified atom stereocenters. The summed E-state index contributed by atoms with van der Waals surface area (Å²) in [4.78, 5) is 24.0. The molecule has 0 spiro atoms. The van der Waals surface area contributed by atoms with Crippen molar-refractivity contribution >= 4 is 23.4 Å². The Balaban J connectivity index is 2.07. The first-order chi connectivity index (χ1) is 9.97. The van der Waals surface area contributed by atoms with E-state index >= 15 is 0 Å². The lowest BCUT2D eigenvalue weighted by Gasteiger charge is -2.12. The lowest BCUT2D eigenvalue weighted by atomic mass is 10.1. The van der Waals surface area contributed by atoms with Crippen LogP contribution in [0, 0.1) is 5.82 Å². The molecular weight excluding hydrogens is 295 g/mol. The van der Waals surface area contributed by atoms with Crippen LogP contribution in [0.4, 0.5) is 4.39 Å². The molecule has 0 aromatic heterocycles. The van der Waals surface area contributed by atoms with Crippen LogP contribution < -0.4 is 0 Å². The van der Waals surface area contributed by atoms with Crippen molar-refractivity contribution in [2.45, 2.75) is 13.0 Å². The van der Waals surface area contributed by atoms with E-state index < -0.39 is 17.9 Å². The minimum absolute atomic E-state index is 0.183. The fourth-order valence-corrected chi connectivity index (χ4v) is 1.93. The summed E-state index contributed by atoms with van der Waals surface area (Å²) in [6.07, 6.45) is -0.957. The topological polar surface area (TPSA) is 43.4 Å². The van der Waals surface area contributed by atoms with Crippen LogP contribution in [-0.2, 0) is 4.74 Å². The van der Waals surface area contributed by atoms with E-state index in [-0.39, 0.29) is 11.3 Å². The lowest BCUT2D eigenvalue weighted by Crippen LogP contribution is -2.24. The quantitative estimate of drug-likeness (QED) is 0.635. The van der Waals surface area contributed by atoms with Crippen LogP contribution in [0.15, 0.2) is 48.5 Å². The maximum atomic E-state index is 12.8. The van der Waals surface area contributed by atoms with E-state index in [9.17, 15) is 14.0 Å². The van der Waals surface area contributed by atoms with Gasteiger partial charge in [0.25, 0.3) is 0 Å². The number of esters is 1. The van der Waals surface area contributed by atoms with Crippen molar-refractivity contribution in [1.82, 2.24) is 0 Å². The summed E-state index contributed by atoms with van der Waals surface area (Å²) >= 11 is 5.81. The van der Waals surface area contributed by atoms with Crippen LogP contribution in [0.25, 0.3) is 0 Å². The molecule has 0 aliphatic heterocycles. The van der Waals surface area contributed by atoms with Crippen molar-refractivity contribution in [3.05, 3.63) is 70.5 Å². The molecule has 0 amide bonds. The van der Waals surface area contributed by atoms with Gasteiger partial charge in [-0.2, -0.15) is 0 Å². The van der Waals surface area contributed by atoms with Crippen LogP contribution in [0.1, 0.15) is 27.6 Å². The Bertz CT molecular complexity index is 667. The normalized spacial score (nSPS) is 11.8. The summed E-state index contributed by atoms with van der Waals surface area (Å²) in [6, 6.07) is 11.3. The van der Waals surface area contributed by atoms with E-state index in [2.05, 4.69) is 0 Å². The summed E-state index contributed by atoms with van der Waals surface area (Å²) < 4.78 is 17.9. The second kappa shape index (κ2) is 6.50. The standard InChI is InChI=1S/C16H12ClFO3/c1-10(15(19)12-3-2-4-13(17)9-12)21-16(20)11-5-7-14(18)8-6-11/h2-10H,1H3/t10-/m0/s1. The highest BCUT2D eigenvalue weighted by atomic mass is 35.5. The third kappa shape index (κ3) is 3.89. The highest BCUT2D eigenvalue weighted by Gasteiger charge is 2.20. The van der Waals surface area contributed by atoms with E-state index in [0.29, 0.717) is 10.6 Å². The number of carbonyl (C=O) groups excluding carboxylic acids is 2. The Hall–Kier alpha value is -2.20. The van der Waals surface area contributed by atoms with Crippen molar-refractivity contribution in [1.29, 1.82) is 0 Å². The molecule has 0 N–H and O–H groups in total. The van der Waals surface area contributed by atoms with E-state index in [1.54, 1.807) is 18.2 Å². The number of halogens is 2.